The Morgan fingerprint density at radius 2 is 1.88 bits per heavy atom. The highest BCUT2D eigenvalue weighted by atomic mass is 32.2. The summed E-state index contributed by atoms with van der Waals surface area (Å²) < 4.78 is 48.2. The molecule has 0 unspecified atom stereocenters. The summed E-state index contributed by atoms with van der Waals surface area (Å²) in [7, 11) is -3.90. The first-order valence-electron chi connectivity index (χ1n) is 9.85. The van der Waals surface area contributed by atoms with Crippen LogP contribution in [-0.2, 0) is 26.1 Å². The van der Waals surface area contributed by atoms with Crippen LogP contribution >= 0.6 is 0 Å². The second-order valence-electron chi connectivity index (χ2n) is 7.04. The summed E-state index contributed by atoms with van der Waals surface area (Å²) in [5, 5.41) is 2.63. The fourth-order valence-electron chi connectivity index (χ4n) is 2.95. The summed E-state index contributed by atoms with van der Waals surface area (Å²) in [5.41, 5.74) is 0.432. The molecule has 0 saturated carbocycles. The summed E-state index contributed by atoms with van der Waals surface area (Å²) in [4.78, 5) is 24.8. The van der Waals surface area contributed by atoms with E-state index in [1.807, 2.05) is 0 Å². The number of carbonyl (C=O) groups is 2. The normalized spacial score (nSPS) is 13.4. The van der Waals surface area contributed by atoms with E-state index < -0.39 is 28.0 Å². The lowest BCUT2D eigenvalue weighted by atomic mass is 10.2. The van der Waals surface area contributed by atoms with Crippen molar-refractivity contribution in [1.82, 2.24) is 4.72 Å². The molecule has 172 valence electrons. The molecule has 33 heavy (non-hydrogen) atoms. The van der Waals surface area contributed by atoms with Crippen LogP contribution in [0.5, 0.6) is 11.5 Å². The van der Waals surface area contributed by atoms with Gasteiger partial charge in [-0.2, -0.15) is 0 Å². The Labute approximate surface area is 189 Å². The highest BCUT2D eigenvalue weighted by Crippen LogP contribution is 2.34. The van der Waals surface area contributed by atoms with Crippen LogP contribution in [0.2, 0.25) is 0 Å². The second kappa shape index (κ2) is 9.35. The number of fused-ring (bicyclic) bond motifs is 1. The molecule has 0 saturated heterocycles. The molecule has 0 fully saturated rings. The number of furan rings is 1. The zero-order valence-corrected chi connectivity index (χ0v) is 18.3. The molecular formula is C22H20N2O8S. The summed E-state index contributed by atoms with van der Waals surface area (Å²) in [6, 6.07) is 13.5. The molecule has 0 bridgehead atoms. The van der Waals surface area contributed by atoms with Crippen LogP contribution in [0.4, 0.5) is 5.69 Å². The third-order valence-electron chi connectivity index (χ3n) is 4.69. The quantitative estimate of drug-likeness (QED) is 0.478. The number of rotatable bonds is 8. The number of benzene rings is 2. The Morgan fingerprint density at radius 3 is 2.67 bits per heavy atom. The van der Waals surface area contributed by atoms with E-state index in [1.54, 1.807) is 30.3 Å². The monoisotopic (exact) mass is 472 g/mol. The van der Waals surface area contributed by atoms with E-state index in [4.69, 9.17) is 18.6 Å². The highest BCUT2D eigenvalue weighted by molar-refractivity contribution is 7.89. The van der Waals surface area contributed by atoms with Crippen LogP contribution in [0, 0.1) is 0 Å². The molecule has 2 N–H and O–H groups in total. The topological polar surface area (TPSA) is 133 Å². The molecule has 0 aliphatic carbocycles. The Kier molecular flexibility index (Phi) is 6.33. The standard InChI is InChI=1S/C22H20N2O8S/c1-14(21(25)24-16-7-8-19-20(11-16)31-13-30-19)32-22(26)15-4-2-6-18(10-15)33(27,28)23-12-17-5-3-9-29-17/h2-11,14,23H,12-13H2,1H3,(H,24,25)/t14-/m1/s1. The lowest BCUT2D eigenvalue weighted by molar-refractivity contribution is -0.123. The number of esters is 1. The minimum absolute atomic E-state index is 0.0152. The Bertz CT molecular complexity index is 1270. The van der Waals surface area contributed by atoms with E-state index in [0.717, 1.165) is 0 Å². The van der Waals surface area contributed by atoms with Gasteiger partial charge in [0.1, 0.15) is 5.76 Å². The summed E-state index contributed by atoms with van der Waals surface area (Å²) >= 11 is 0. The molecule has 3 aromatic rings. The van der Waals surface area contributed by atoms with Gasteiger partial charge in [0.15, 0.2) is 17.6 Å². The van der Waals surface area contributed by atoms with Crippen molar-refractivity contribution in [3.63, 3.8) is 0 Å². The van der Waals surface area contributed by atoms with Crippen LogP contribution in [0.3, 0.4) is 0 Å². The number of ether oxygens (including phenoxy) is 3. The average molecular weight is 472 g/mol. The van der Waals surface area contributed by atoms with E-state index in [9.17, 15) is 18.0 Å². The number of anilines is 1. The molecule has 11 heteroatoms. The van der Waals surface area contributed by atoms with Gasteiger partial charge in [0.05, 0.1) is 23.3 Å². The van der Waals surface area contributed by atoms with Crippen molar-refractivity contribution in [3.8, 4) is 11.5 Å². The molecule has 10 nitrogen and oxygen atoms in total. The molecule has 1 amide bonds. The predicted molar refractivity (Wildman–Crippen MR) is 115 cm³/mol. The van der Waals surface area contributed by atoms with Gasteiger partial charge in [0.2, 0.25) is 16.8 Å². The van der Waals surface area contributed by atoms with E-state index >= 15 is 0 Å². The average Bonchev–Trinajstić information content (AvgIpc) is 3.49. The summed E-state index contributed by atoms with van der Waals surface area (Å²) in [6.07, 6.45) is 0.296. The molecule has 4 rings (SSSR count). The van der Waals surface area contributed by atoms with E-state index in [1.165, 1.54) is 37.5 Å². The van der Waals surface area contributed by atoms with Gasteiger partial charge in [-0.1, -0.05) is 6.07 Å². The third-order valence-corrected chi connectivity index (χ3v) is 6.09. The fraction of sp³-hybridized carbons (Fsp3) is 0.182. The fourth-order valence-corrected chi connectivity index (χ4v) is 3.99. The number of carbonyl (C=O) groups excluding carboxylic acids is 2. The minimum Gasteiger partial charge on any atom is -0.468 e. The predicted octanol–water partition coefficient (Wildman–Crippen LogP) is 2.67. The SMILES string of the molecule is C[C@@H](OC(=O)c1cccc(S(=O)(=O)NCc2ccco2)c1)C(=O)Nc1ccc2c(c1)OCO2. The second-order valence-corrected chi connectivity index (χ2v) is 8.80. The molecule has 0 radical (unpaired) electrons. The van der Waals surface area contributed by atoms with Crippen LogP contribution < -0.4 is 19.5 Å². The van der Waals surface area contributed by atoms with Crippen molar-refractivity contribution in [3.05, 3.63) is 72.2 Å². The van der Waals surface area contributed by atoms with Gasteiger partial charge in [0.25, 0.3) is 5.91 Å². The molecule has 1 aliphatic rings. The van der Waals surface area contributed by atoms with Crippen LogP contribution in [-0.4, -0.2) is 33.2 Å². The van der Waals surface area contributed by atoms with Crippen molar-refractivity contribution < 1.29 is 36.6 Å². The van der Waals surface area contributed by atoms with E-state index in [2.05, 4.69) is 10.0 Å². The first kappa shape index (κ1) is 22.4. The van der Waals surface area contributed by atoms with Crippen molar-refractivity contribution in [1.29, 1.82) is 0 Å². The van der Waals surface area contributed by atoms with Crippen molar-refractivity contribution in [2.75, 3.05) is 12.1 Å². The number of amides is 1. The van der Waals surface area contributed by atoms with E-state index in [-0.39, 0.29) is 23.8 Å². The zero-order valence-electron chi connectivity index (χ0n) is 17.4. The van der Waals surface area contributed by atoms with Crippen LogP contribution in [0.15, 0.2) is 70.2 Å². The van der Waals surface area contributed by atoms with Gasteiger partial charge in [-0.05, 0) is 49.4 Å². The Hall–Kier alpha value is -3.83. The first-order valence-corrected chi connectivity index (χ1v) is 11.3. The molecule has 2 aromatic carbocycles. The van der Waals surface area contributed by atoms with Crippen LogP contribution in [0.25, 0.3) is 0 Å². The lowest BCUT2D eigenvalue weighted by Gasteiger charge is -2.14. The molecule has 1 aliphatic heterocycles. The number of nitrogens with one attached hydrogen (secondary N) is 2. The maximum Gasteiger partial charge on any atom is 0.338 e. The van der Waals surface area contributed by atoms with Gasteiger partial charge in [-0.3, -0.25) is 4.79 Å². The van der Waals surface area contributed by atoms with Gasteiger partial charge < -0.3 is 23.9 Å². The smallest absolute Gasteiger partial charge is 0.338 e. The molecular weight excluding hydrogens is 452 g/mol. The third kappa shape index (κ3) is 5.33. The molecule has 2 heterocycles. The summed E-state index contributed by atoms with van der Waals surface area (Å²) in [6.45, 7) is 1.47. The number of hydrogen-bond donors (Lipinski definition) is 2. The minimum atomic E-state index is -3.90. The lowest BCUT2D eigenvalue weighted by Crippen LogP contribution is -2.30. The van der Waals surface area contributed by atoms with Crippen molar-refractivity contribution >= 4 is 27.6 Å². The Morgan fingerprint density at radius 1 is 1.06 bits per heavy atom. The van der Waals surface area contributed by atoms with E-state index in [0.29, 0.717) is 22.9 Å². The van der Waals surface area contributed by atoms with Crippen LogP contribution in [0.1, 0.15) is 23.0 Å². The van der Waals surface area contributed by atoms with Gasteiger partial charge in [-0.25, -0.2) is 17.9 Å². The van der Waals surface area contributed by atoms with Crippen molar-refractivity contribution in [2.24, 2.45) is 0 Å². The molecule has 0 spiro atoms. The molecule has 1 atom stereocenters. The number of hydrogen-bond acceptors (Lipinski definition) is 8. The molecule has 1 aromatic heterocycles. The highest BCUT2D eigenvalue weighted by Gasteiger charge is 2.22. The first-order chi connectivity index (χ1) is 15.8. The largest absolute Gasteiger partial charge is 0.468 e. The van der Waals surface area contributed by atoms with Gasteiger partial charge in [0, 0.05) is 11.8 Å². The summed E-state index contributed by atoms with van der Waals surface area (Å²) in [5.74, 6) is 0.103. The Balaban J connectivity index is 1.38. The zero-order chi connectivity index (χ0) is 23.4. The maximum atomic E-state index is 12.5. The number of sulfonamides is 1. The maximum absolute atomic E-state index is 12.5. The van der Waals surface area contributed by atoms with Crippen molar-refractivity contribution in [2.45, 2.75) is 24.5 Å². The van der Waals surface area contributed by atoms with Gasteiger partial charge in [-0.15, -0.1) is 0 Å². The van der Waals surface area contributed by atoms with Gasteiger partial charge >= 0.3 is 5.97 Å².